The molecule has 150 valence electrons. The minimum absolute atomic E-state index is 0.292. The van der Waals surface area contributed by atoms with Crippen LogP contribution < -0.4 is 5.43 Å². The highest BCUT2D eigenvalue weighted by Gasteiger charge is 2.08. The van der Waals surface area contributed by atoms with Gasteiger partial charge in [-0.3, -0.25) is 4.79 Å². The van der Waals surface area contributed by atoms with Gasteiger partial charge < -0.3 is 4.57 Å². The summed E-state index contributed by atoms with van der Waals surface area (Å²) in [6.07, 6.45) is 1.51. The van der Waals surface area contributed by atoms with Crippen LogP contribution >= 0.6 is 11.6 Å². The molecule has 1 amide bonds. The molecule has 2 aromatic heterocycles. The molecule has 1 N–H and O–H groups in total. The molecule has 2 aromatic carbocycles. The van der Waals surface area contributed by atoms with Gasteiger partial charge in [0.15, 0.2) is 0 Å². The Kier molecular flexibility index (Phi) is 5.38. The Morgan fingerprint density at radius 1 is 1.00 bits per heavy atom. The molecule has 0 radical (unpaired) electrons. The Morgan fingerprint density at radius 2 is 1.70 bits per heavy atom. The number of hydrazone groups is 1. The van der Waals surface area contributed by atoms with Crippen LogP contribution in [0.4, 0.5) is 0 Å². The van der Waals surface area contributed by atoms with E-state index in [-0.39, 0.29) is 5.91 Å². The first kappa shape index (κ1) is 19.9. The van der Waals surface area contributed by atoms with E-state index in [4.69, 9.17) is 11.6 Å². The normalized spacial score (nSPS) is 11.3. The van der Waals surface area contributed by atoms with Gasteiger partial charge in [-0.25, -0.2) is 10.4 Å². The number of pyridine rings is 1. The Morgan fingerprint density at radius 3 is 2.40 bits per heavy atom. The van der Waals surface area contributed by atoms with Gasteiger partial charge in [0.25, 0.3) is 5.91 Å². The van der Waals surface area contributed by atoms with E-state index < -0.39 is 0 Å². The third-order valence-corrected chi connectivity index (χ3v) is 5.29. The zero-order chi connectivity index (χ0) is 21.3. The average Bonchev–Trinajstić information content (AvgIpc) is 3.06. The summed E-state index contributed by atoms with van der Waals surface area (Å²) < 4.78 is 2.13. The SMILES string of the molecule is Cc1ccc2cc(/C=N/NC(=O)c3ccc(-n4c(C)ccc4C)cc3)c(Cl)nc2c1. The van der Waals surface area contributed by atoms with E-state index in [0.29, 0.717) is 16.3 Å². The summed E-state index contributed by atoms with van der Waals surface area (Å²) >= 11 is 6.26. The van der Waals surface area contributed by atoms with E-state index in [9.17, 15) is 4.79 Å². The highest BCUT2D eigenvalue weighted by molar-refractivity contribution is 6.32. The van der Waals surface area contributed by atoms with E-state index in [1.54, 1.807) is 12.1 Å². The van der Waals surface area contributed by atoms with Gasteiger partial charge in [0, 0.05) is 33.6 Å². The number of rotatable bonds is 4. The Balaban J connectivity index is 1.48. The first-order chi connectivity index (χ1) is 14.4. The van der Waals surface area contributed by atoms with Crippen molar-refractivity contribution in [2.45, 2.75) is 20.8 Å². The van der Waals surface area contributed by atoms with Crippen molar-refractivity contribution in [3.63, 3.8) is 0 Å². The fourth-order valence-corrected chi connectivity index (χ4v) is 3.62. The third-order valence-electron chi connectivity index (χ3n) is 4.98. The van der Waals surface area contributed by atoms with Gasteiger partial charge in [0.2, 0.25) is 0 Å². The minimum Gasteiger partial charge on any atom is -0.319 e. The van der Waals surface area contributed by atoms with Crippen LogP contribution in [-0.2, 0) is 0 Å². The summed E-state index contributed by atoms with van der Waals surface area (Å²) in [6.45, 7) is 6.11. The Labute approximate surface area is 180 Å². The van der Waals surface area contributed by atoms with Crippen molar-refractivity contribution in [3.8, 4) is 5.69 Å². The highest BCUT2D eigenvalue weighted by atomic mass is 35.5. The van der Waals surface area contributed by atoms with Crippen LogP contribution in [0.1, 0.15) is 32.9 Å². The second-order valence-electron chi connectivity index (χ2n) is 7.26. The minimum atomic E-state index is -0.292. The summed E-state index contributed by atoms with van der Waals surface area (Å²) in [4.78, 5) is 16.8. The average molecular weight is 417 g/mol. The zero-order valence-electron chi connectivity index (χ0n) is 17.0. The number of carbonyl (C=O) groups is 1. The van der Waals surface area contributed by atoms with Gasteiger partial charge in [-0.1, -0.05) is 23.7 Å². The molecule has 0 fully saturated rings. The van der Waals surface area contributed by atoms with E-state index in [1.165, 1.54) is 6.21 Å². The maximum absolute atomic E-state index is 12.4. The van der Waals surface area contributed by atoms with Crippen LogP contribution in [0.15, 0.2) is 65.8 Å². The zero-order valence-corrected chi connectivity index (χ0v) is 17.7. The fraction of sp³-hybridized carbons (Fsp3) is 0.125. The van der Waals surface area contributed by atoms with E-state index >= 15 is 0 Å². The van der Waals surface area contributed by atoms with E-state index in [2.05, 4.69) is 46.1 Å². The van der Waals surface area contributed by atoms with Crippen molar-refractivity contribution >= 4 is 34.6 Å². The predicted molar refractivity (Wildman–Crippen MR) is 122 cm³/mol. The van der Waals surface area contributed by atoms with Crippen LogP contribution in [0.3, 0.4) is 0 Å². The van der Waals surface area contributed by atoms with Gasteiger partial charge >= 0.3 is 0 Å². The number of nitrogens with zero attached hydrogens (tertiary/aromatic N) is 3. The lowest BCUT2D eigenvalue weighted by Gasteiger charge is -2.10. The van der Waals surface area contributed by atoms with Crippen LogP contribution in [0.2, 0.25) is 5.15 Å². The lowest BCUT2D eigenvalue weighted by atomic mass is 10.1. The van der Waals surface area contributed by atoms with Crippen LogP contribution in [0.25, 0.3) is 16.6 Å². The van der Waals surface area contributed by atoms with Crippen molar-refractivity contribution < 1.29 is 4.79 Å². The molecule has 0 aliphatic carbocycles. The van der Waals surface area contributed by atoms with Crippen molar-refractivity contribution in [3.05, 3.63) is 93.9 Å². The highest BCUT2D eigenvalue weighted by Crippen LogP contribution is 2.20. The number of benzene rings is 2. The number of fused-ring (bicyclic) bond motifs is 1. The maximum Gasteiger partial charge on any atom is 0.271 e. The molecular weight excluding hydrogens is 396 g/mol. The number of aromatic nitrogens is 2. The van der Waals surface area contributed by atoms with Gasteiger partial charge in [-0.15, -0.1) is 0 Å². The second-order valence-corrected chi connectivity index (χ2v) is 7.62. The summed E-state index contributed by atoms with van der Waals surface area (Å²) in [6, 6.07) is 19.4. The number of hydrogen-bond donors (Lipinski definition) is 1. The Hall–Kier alpha value is -3.44. The lowest BCUT2D eigenvalue weighted by Crippen LogP contribution is -2.17. The molecule has 0 aliphatic heterocycles. The number of nitrogens with one attached hydrogen (secondary N) is 1. The summed E-state index contributed by atoms with van der Waals surface area (Å²) in [5, 5.41) is 5.35. The van der Waals surface area contributed by atoms with Gasteiger partial charge in [-0.05, 0) is 74.9 Å². The molecular formula is C24H21ClN4O. The molecule has 30 heavy (non-hydrogen) atoms. The molecule has 0 spiro atoms. The molecule has 5 nitrogen and oxygen atoms in total. The first-order valence-corrected chi connectivity index (χ1v) is 9.96. The van der Waals surface area contributed by atoms with Crippen LogP contribution in [-0.4, -0.2) is 21.7 Å². The maximum atomic E-state index is 12.4. The monoisotopic (exact) mass is 416 g/mol. The smallest absolute Gasteiger partial charge is 0.271 e. The lowest BCUT2D eigenvalue weighted by molar-refractivity contribution is 0.0955. The third kappa shape index (κ3) is 3.98. The standard InChI is InChI=1S/C24H21ClN4O/c1-15-4-7-19-13-20(23(25)27-22(19)12-15)14-26-28-24(30)18-8-10-21(11-9-18)29-16(2)5-6-17(29)3/h4-14H,1-3H3,(H,28,30)/b26-14+. The second kappa shape index (κ2) is 8.13. The molecule has 2 heterocycles. The first-order valence-electron chi connectivity index (χ1n) is 9.58. The van der Waals surface area contributed by atoms with E-state index in [0.717, 1.165) is 33.5 Å². The van der Waals surface area contributed by atoms with Crippen LogP contribution in [0, 0.1) is 20.8 Å². The number of carbonyl (C=O) groups excluding carboxylic acids is 1. The van der Waals surface area contributed by atoms with Crippen molar-refractivity contribution in [1.82, 2.24) is 15.0 Å². The van der Waals surface area contributed by atoms with Crippen molar-refractivity contribution in [1.29, 1.82) is 0 Å². The van der Waals surface area contributed by atoms with E-state index in [1.807, 2.05) is 43.3 Å². The number of halogens is 1. The molecule has 0 bridgehead atoms. The quantitative estimate of drug-likeness (QED) is 0.276. The van der Waals surface area contributed by atoms with Crippen molar-refractivity contribution in [2.75, 3.05) is 0 Å². The molecule has 4 aromatic rings. The van der Waals surface area contributed by atoms with Gasteiger partial charge in [0.1, 0.15) is 5.15 Å². The molecule has 0 unspecified atom stereocenters. The molecule has 0 saturated heterocycles. The molecule has 0 atom stereocenters. The van der Waals surface area contributed by atoms with Crippen LogP contribution in [0.5, 0.6) is 0 Å². The summed E-state index contributed by atoms with van der Waals surface area (Å²) in [5.74, 6) is -0.292. The van der Waals surface area contributed by atoms with Gasteiger partial charge in [-0.2, -0.15) is 5.10 Å². The molecule has 0 saturated carbocycles. The summed E-state index contributed by atoms with van der Waals surface area (Å²) in [5.41, 5.74) is 8.96. The molecule has 6 heteroatoms. The topological polar surface area (TPSA) is 59.3 Å². The number of hydrogen-bond acceptors (Lipinski definition) is 3. The van der Waals surface area contributed by atoms with Gasteiger partial charge in [0.05, 0.1) is 11.7 Å². The largest absolute Gasteiger partial charge is 0.319 e. The Bertz CT molecular complexity index is 1250. The van der Waals surface area contributed by atoms with Crippen molar-refractivity contribution in [2.24, 2.45) is 5.10 Å². The molecule has 0 aliphatic rings. The molecule has 4 rings (SSSR count). The predicted octanol–water partition coefficient (Wildman–Crippen LogP) is 5.37. The number of amides is 1. The summed E-state index contributed by atoms with van der Waals surface area (Å²) in [7, 11) is 0. The number of aryl methyl sites for hydroxylation is 3. The fourth-order valence-electron chi connectivity index (χ4n) is 3.42.